The molecule has 0 N–H and O–H groups in total. The summed E-state index contributed by atoms with van der Waals surface area (Å²) < 4.78 is 38.7. The summed E-state index contributed by atoms with van der Waals surface area (Å²) in [6.07, 6.45) is -2.27. The topological polar surface area (TPSA) is 36.1 Å². The van der Waals surface area contributed by atoms with Crippen LogP contribution in [-0.4, -0.2) is 5.16 Å². The Hall–Kier alpha value is -1.70. The number of halogens is 3. The predicted molar refractivity (Wildman–Crippen MR) is 78.6 cm³/mol. The minimum absolute atomic E-state index is 0.139. The fourth-order valence-corrected chi connectivity index (χ4v) is 2.11. The van der Waals surface area contributed by atoms with Gasteiger partial charge < -0.3 is 0 Å². The summed E-state index contributed by atoms with van der Waals surface area (Å²) in [7, 11) is 0. The van der Waals surface area contributed by atoms with Gasteiger partial charge in [0.25, 0.3) is 0 Å². The molecular formula is C15H15F3N2S. The van der Waals surface area contributed by atoms with E-state index < -0.39 is 11.7 Å². The molecule has 0 saturated carbocycles. The van der Waals surface area contributed by atoms with Gasteiger partial charge in [-0.1, -0.05) is 20.3 Å². The molecule has 21 heavy (non-hydrogen) atoms. The molecule has 0 fully saturated rings. The number of aryl methyl sites for hydroxylation is 1. The highest BCUT2D eigenvalue weighted by atomic mass is 32.1. The van der Waals surface area contributed by atoms with E-state index in [1.54, 1.807) is 6.07 Å². The molecule has 0 radical (unpaired) electrons. The second-order valence-corrected chi connectivity index (χ2v) is 5.31. The van der Waals surface area contributed by atoms with Crippen molar-refractivity contribution in [2.75, 3.05) is 0 Å². The van der Waals surface area contributed by atoms with Gasteiger partial charge in [0.15, 0.2) is 0 Å². The minimum atomic E-state index is -4.59. The predicted octanol–water partition coefficient (Wildman–Crippen LogP) is 5.29. The van der Waals surface area contributed by atoms with Gasteiger partial charge in [-0.05, 0) is 48.7 Å². The first-order chi connectivity index (χ1) is 9.79. The molecule has 112 valence electrons. The van der Waals surface area contributed by atoms with E-state index in [0.29, 0.717) is 17.9 Å². The molecular weight excluding hydrogens is 297 g/mol. The van der Waals surface area contributed by atoms with Crippen molar-refractivity contribution in [3.8, 4) is 6.07 Å². The van der Waals surface area contributed by atoms with Crippen LogP contribution in [0.2, 0.25) is 0 Å². The highest BCUT2D eigenvalue weighted by Gasteiger charge is 2.34. The van der Waals surface area contributed by atoms with Gasteiger partial charge in [0.1, 0.15) is 0 Å². The highest BCUT2D eigenvalue weighted by Crippen LogP contribution is 2.36. The zero-order valence-corrected chi connectivity index (χ0v) is 12.6. The van der Waals surface area contributed by atoms with Gasteiger partial charge in [-0.2, -0.15) is 23.4 Å². The van der Waals surface area contributed by atoms with E-state index >= 15 is 0 Å². The van der Waals surface area contributed by atoms with Crippen molar-refractivity contribution in [2.24, 2.45) is 10.9 Å². The SMILES string of the molecule is CC(C)CCCc1cc(C#N)c(C(F)(F)F)cc1N=C=S. The number of hydrogen-bond donors (Lipinski definition) is 0. The largest absolute Gasteiger partial charge is 0.417 e. The van der Waals surface area contributed by atoms with Gasteiger partial charge in [0.05, 0.1) is 28.0 Å². The van der Waals surface area contributed by atoms with Gasteiger partial charge >= 0.3 is 6.18 Å². The van der Waals surface area contributed by atoms with Crippen molar-refractivity contribution in [1.29, 1.82) is 5.26 Å². The van der Waals surface area contributed by atoms with Gasteiger partial charge in [0, 0.05) is 0 Å². The minimum Gasteiger partial charge on any atom is -0.194 e. The molecule has 0 aromatic heterocycles. The van der Waals surface area contributed by atoms with Crippen molar-refractivity contribution in [3.05, 3.63) is 28.8 Å². The number of nitrogens with zero attached hydrogens (tertiary/aromatic N) is 2. The van der Waals surface area contributed by atoms with Crippen molar-refractivity contribution in [3.63, 3.8) is 0 Å². The average Bonchev–Trinajstić information content (AvgIpc) is 2.38. The molecule has 1 aromatic rings. The number of nitriles is 1. The lowest BCUT2D eigenvalue weighted by Gasteiger charge is -2.13. The van der Waals surface area contributed by atoms with Crippen LogP contribution in [0.15, 0.2) is 17.1 Å². The lowest BCUT2D eigenvalue weighted by atomic mass is 9.97. The maximum atomic E-state index is 12.9. The Labute approximate surface area is 127 Å². The Balaban J connectivity index is 3.24. The average molecular weight is 312 g/mol. The normalized spacial score (nSPS) is 11.1. The van der Waals surface area contributed by atoms with Gasteiger partial charge in [0.2, 0.25) is 0 Å². The van der Waals surface area contributed by atoms with E-state index in [9.17, 15) is 13.2 Å². The molecule has 0 bridgehead atoms. The third-order valence-corrected chi connectivity index (χ3v) is 3.13. The Kier molecular flexibility index (Phi) is 6.07. The molecule has 0 aliphatic carbocycles. The van der Waals surface area contributed by atoms with Crippen LogP contribution < -0.4 is 0 Å². The molecule has 2 nitrogen and oxygen atoms in total. The van der Waals surface area contributed by atoms with E-state index in [1.165, 1.54) is 6.07 Å². The summed E-state index contributed by atoms with van der Waals surface area (Å²) in [5.74, 6) is 0.507. The number of alkyl halides is 3. The molecule has 0 amide bonds. The van der Waals surface area contributed by atoms with Crippen molar-refractivity contribution < 1.29 is 13.2 Å². The number of thiocarbonyl (C=S) groups is 1. The molecule has 0 heterocycles. The van der Waals surface area contributed by atoms with Crippen LogP contribution in [0.3, 0.4) is 0 Å². The molecule has 1 aromatic carbocycles. The molecule has 1 rings (SSSR count). The van der Waals surface area contributed by atoms with E-state index in [2.05, 4.69) is 36.2 Å². The van der Waals surface area contributed by atoms with Crippen molar-refractivity contribution >= 4 is 23.1 Å². The van der Waals surface area contributed by atoms with E-state index in [1.807, 2.05) is 0 Å². The monoisotopic (exact) mass is 312 g/mol. The van der Waals surface area contributed by atoms with Crippen LogP contribution in [0, 0.1) is 17.2 Å². The standard InChI is InChI=1S/C15H15F3N2S/c1-10(2)4-3-5-11-6-12(8-19)13(15(16,17)18)7-14(11)20-9-21/h6-7,10H,3-5H2,1-2H3. The summed E-state index contributed by atoms with van der Waals surface area (Å²) >= 11 is 4.48. The van der Waals surface area contributed by atoms with Crippen molar-refractivity contribution in [2.45, 2.75) is 39.3 Å². The maximum absolute atomic E-state index is 12.9. The zero-order valence-electron chi connectivity index (χ0n) is 11.8. The summed E-state index contributed by atoms with van der Waals surface area (Å²) in [6, 6.07) is 3.74. The Morgan fingerprint density at radius 1 is 1.33 bits per heavy atom. The maximum Gasteiger partial charge on any atom is 0.417 e. The first-order valence-corrected chi connectivity index (χ1v) is 6.92. The fraction of sp³-hybridized carbons (Fsp3) is 0.467. The van der Waals surface area contributed by atoms with E-state index in [-0.39, 0.29) is 11.3 Å². The molecule has 0 aliphatic rings. The van der Waals surface area contributed by atoms with E-state index in [4.69, 9.17) is 5.26 Å². The Bertz CT molecular complexity index is 594. The Morgan fingerprint density at radius 3 is 2.48 bits per heavy atom. The first kappa shape index (κ1) is 17.4. The number of rotatable bonds is 5. The third-order valence-electron chi connectivity index (χ3n) is 3.04. The summed E-state index contributed by atoms with van der Waals surface area (Å²) in [6.45, 7) is 4.15. The zero-order chi connectivity index (χ0) is 16.0. The van der Waals surface area contributed by atoms with Gasteiger partial charge in [-0.25, -0.2) is 0 Å². The van der Waals surface area contributed by atoms with Crippen LogP contribution in [0.1, 0.15) is 43.4 Å². The smallest absolute Gasteiger partial charge is 0.194 e. The quantitative estimate of drug-likeness (QED) is 0.547. The van der Waals surface area contributed by atoms with Crippen LogP contribution in [0.25, 0.3) is 0 Å². The van der Waals surface area contributed by atoms with Gasteiger partial charge in [-0.15, -0.1) is 0 Å². The molecule has 0 saturated heterocycles. The number of isothiocyanates is 1. The molecule has 0 atom stereocenters. The van der Waals surface area contributed by atoms with Crippen LogP contribution in [0.4, 0.5) is 18.9 Å². The second kappa shape index (κ2) is 7.35. The molecule has 0 unspecified atom stereocenters. The molecule has 6 heteroatoms. The van der Waals surface area contributed by atoms with E-state index in [0.717, 1.165) is 18.9 Å². The summed E-state index contributed by atoms with van der Waals surface area (Å²) in [5, 5.41) is 11.0. The van der Waals surface area contributed by atoms with Gasteiger partial charge in [-0.3, -0.25) is 0 Å². The molecule has 0 aliphatic heterocycles. The van der Waals surface area contributed by atoms with Crippen LogP contribution in [0.5, 0.6) is 0 Å². The Morgan fingerprint density at radius 2 is 2.00 bits per heavy atom. The lowest BCUT2D eigenvalue weighted by molar-refractivity contribution is -0.137. The summed E-state index contributed by atoms with van der Waals surface area (Å²) in [4.78, 5) is 3.71. The lowest BCUT2D eigenvalue weighted by Crippen LogP contribution is -2.08. The second-order valence-electron chi connectivity index (χ2n) is 5.13. The highest BCUT2D eigenvalue weighted by molar-refractivity contribution is 7.78. The molecule has 0 spiro atoms. The number of hydrogen-bond acceptors (Lipinski definition) is 3. The first-order valence-electron chi connectivity index (χ1n) is 6.51. The number of benzene rings is 1. The van der Waals surface area contributed by atoms with Crippen LogP contribution in [-0.2, 0) is 12.6 Å². The fourth-order valence-electron chi connectivity index (χ4n) is 2.01. The third kappa shape index (κ3) is 4.96. The summed E-state index contributed by atoms with van der Waals surface area (Å²) in [5.41, 5.74) is -0.635. The van der Waals surface area contributed by atoms with Crippen LogP contribution >= 0.6 is 12.2 Å². The number of aliphatic imine (C=N–C) groups is 1. The van der Waals surface area contributed by atoms with Crippen molar-refractivity contribution in [1.82, 2.24) is 0 Å².